The summed E-state index contributed by atoms with van der Waals surface area (Å²) in [6.07, 6.45) is 4.72. The lowest BCUT2D eigenvalue weighted by Crippen LogP contribution is -2.41. The van der Waals surface area contributed by atoms with Crippen molar-refractivity contribution in [1.29, 1.82) is 0 Å². The van der Waals surface area contributed by atoms with Crippen molar-refractivity contribution < 1.29 is 9.53 Å². The predicted octanol–water partition coefficient (Wildman–Crippen LogP) is 1.45. The van der Waals surface area contributed by atoms with Gasteiger partial charge in [-0.05, 0) is 32.8 Å². The zero-order valence-corrected chi connectivity index (χ0v) is 12.1. The summed E-state index contributed by atoms with van der Waals surface area (Å²) in [5.74, 6) is 0.159. The van der Waals surface area contributed by atoms with Crippen LogP contribution in [0.15, 0.2) is 12.4 Å². The Labute approximate surface area is 114 Å². The van der Waals surface area contributed by atoms with Gasteiger partial charge in [0.25, 0.3) is 0 Å². The molecule has 5 heteroatoms. The first-order valence-electron chi connectivity index (χ1n) is 6.77. The van der Waals surface area contributed by atoms with Crippen LogP contribution in [0.4, 0.5) is 0 Å². The Kier molecular flexibility index (Phi) is 3.94. The summed E-state index contributed by atoms with van der Waals surface area (Å²) < 4.78 is 7.26. The normalized spacial score (nSPS) is 24.2. The van der Waals surface area contributed by atoms with Crippen LogP contribution >= 0.6 is 0 Å². The van der Waals surface area contributed by atoms with E-state index in [-0.39, 0.29) is 11.9 Å². The van der Waals surface area contributed by atoms with Crippen LogP contribution in [-0.4, -0.2) is 34.4 Å². The quantitative estimate of drug-likeness (QED) is 0.822. The molecule has 0 aromatic carbocycles. The third-order valence-corrected chi connectivity index (χ3v) is 3.29. The lowest BCUT2D eigenvalue weighted by Gasteiger charge is -2.30. The fourth-order valence-corrected chi connectivity index (χ4v) is 2.41. The molecule has 1 aromatic rings. The second-order valence-electron chi connectivity index (χ2n) is 6.27. The van der Waals surface area contributed by atoms with E-state index < -0.39 is 5.60 Å². The van der Waals surface area contributed by atoms with Gasteiger partial charge in [0.2, 0.25) is 0 Å². The fraction of sp³-hybridized carbons (Fsp3) is 0.714. The van der Waals surface area contributed by atoms with E-state index in [1.807, 2.05) is 40.2 Å². The number of ether oxygens (including phenoxy) is 1. The summed E-state index contributed by atoms with van der Waals surface area (Å²) in [6, 6.07) is 0. The summed E-state index contributed by atoms with van der Waals surface area (Å²) in [4.78, 5) is 12.1. The average Bonchev–Trinajstić information content (AvgIpc) is 2.74. The van der Waals surface area contributed by atoms with E-state index in [0.717, 1.165) is 13.0 Å². The van der Waals surface area contributed by atoms with Gasteiger partial charge < -0.3 is 10.1 Å². The predicted molar refractivity (Wildman–Crippen MR) is 72.8 cm³/mol. The molecule has 1 aliphatic rings. The Morgan fingerprint density at radius 1 is 1.47 bits per heavy atom. The van der Waals surface area contributed by atoms with Crippen LogP contribution in [0.2, 0.25) is 0 Å². The molecule has 2 atom stereocenters. The van der Waals surface area contributed by atoms with Crippen LogP contribution in [0.1, 0.15) is 38.7 Å². The number of nitrogens with zero attached hydrogens (tertiary/aromatic N) is 2. The van der Waals surface area contributed by atoms with Crippen molar-refractivity contribution >= 4 is 5.97 Å². The average molecular weight is 265 g/mol. The number of hydrogen-bond acceptors (Lipinski definition) is 4. The third-order valence-electron chi connectivity index (χ3n) is 3.29. The van der Waals surface area contributed by atoms with E-state index in [4.69, 9.17) is 4.74 Å². The van der Waals surface area contributed by atoms with E-state index in [9.17, 15) is 4.79 Å². The lowest BCUT2D eigenvalue weighted by molar-refractivity contribution is -0.160. The van der Waals surface area contributed by atoms with E-state index in [1.165, 1.54) is 5.56 Å². The van der Waals surface area contributed by atoms with Gasteiger partial charge in [-0.15, -0.1) is 0 Å². The van der Waals surface area contributed by atoms with Crippen LogP contribution < -0.4 is 5.32 Å². The number of hydrogen-bond donors (Lipinski definition) is 1. The van der Waals surface area contributed by atoms with Crippen molar-refractivity contribution in [2.24, 2.45) is 13.0 Å². The largest absolute Gasteiger partial charge is 0.460 e. The Morgan fingerprint density at radius 2 is 2.21 bits per heavy atom. The Bertz CT molecular complexity index is 448. The van der Waals surface area contributed by atoms with E-state index in [0.29, 0.717) is 12.5 Å². The molecule has 5 nitrogen and oxygen atoms in total. The van der Waals surface area contributed by atoms with Crippen molar-refractivity contribution in [3.05, 3.63) is 18.0 Å². The molecule has 2 heterocycles. The molecule has 2 rings (SSSR count). The topological polar surface area (TPSA) is 56.2 Å². The molecule has 0 bridgehead atoms. The number of rotatable bonds is 2. The first-order valence-corrected chi connectivity index (χ1v) is 6.77. The molecular formula is C14H23N3O2. The maximum atomic E-state index is 12.1. The smallest absolute Gasteiger partial charge is 0.310 e. The van der Waals surface area contributed by atoms with Gasteiger partial charge in [0.05, 0.1) is 12.1 Å². The molecule has 106 valence electrons. The lowest BCUT2D eigenvalue weighted by atomic mass is 9.87. The molecule has 1 saturated heterocycles. The van der Waals surface area contributed by atoms with Crippen molar-refractivity contribution in [1.82, 2.24) is 15.1 Å². The van der Waals surface area contributed by atoms with E-state index in [2.05, 4.69) is 10.4 Å². The second-order valence-corrected chi connectivity index (χ2v) is 6.27. The second kappa shape index (κ2) is 5.33. The van der Waals surface area contributed by atoms with Gasteiger partial charge in [0.1, 0.15) is 5.60 Å². The van der Waals surface area contributed by atoms with Crippen LogP contribution in [0.3, 0.4) is 0 Å². The summed E-state index contributed by atoms with van der Waals surface area (Å²) >= 11 is 0. The van der Waals surface area contributed by atoms with Crippen LogP contribution in [-0.2, 0) is 16.6 Å². The van der Waals surface area contributed by atoms with Gasteiger partial charge in [-0.2, -0.15) is 5.10 Å². The minimum absolute atomic E-state index is 0.0711. The highest BCUT2D eigenvalue weighted by atomic mass is 16.6. The summed E-state index contributed by atoms with van der Waals surface area (Å²) in [5, 5.41) is 7.52. The molecule has 2 unspecified atom stereocenters. The van der Waals surface area contributed by atoms with Crippen molar-refractivity contribution in [3.8, 4) is 0 Å². The minimum atomic E-state index is -0.418. The molecule has 1 N–H and O–H groups in total. The van der Waals surface area contributed by atoms with Gasteiger partial charge in [-0.25, -0.2) is 0 Å². The summed E-state index contributed by atoms with van der Waals surface area (Å²) in [5.41, 5.74) is 0.765. The van der Waals surface area contributed by atoms with Gasteiger partial charge in [-0.3, -0.25) is 9.48 Å². The molecular weight excluding hydrogens is 242 g/mol. The van der Waals surface area contributed by atoms with Crippen molar-refractivity contribution in [3.63, 3.8) is 0 Å². The molecule has 0 radical (unpaired) electrons. The molecule has 0 amide bonds. The molecule has 0 spiro atoms. The van der Waals surface area contributed by atoms with Crippen molar-refractivity contribution in [2.75, 3.05) is 13.1 Å². The van der Waals surface area contributed by atoms with Gasteiger partial charge in [-0.1, -0.05) is 0 Å². The zero-order chi connectivity index (χ0) is 14.0. The van der Waals surface area contributed by atoms with Crippen LogP contribution in [0.25, 0.3) is 0 Å². The standard InChI is InChI=1S/C14H23N3O2/c1-14(2,3)19-13(18)11-5-10(6-15-7-11)12-8-16-17(4)9-12/h8-11,15H,5-7H2,1-4H3. The summed E-state index contributed by atoms with van der Waals surface area (Å²) in [7, 11) is 1.91. The third kappa shape index (κ3) is 3.80. The fourth-order valence-electron chi connectivity index (χ4n) is 2.41. The minimum Gasteiger partial charge on any atom is -0.460 e. The van der Waals surface area contributed by atoms with E-state index in [1.54, 1.807) is 4.68 Å². The number of aryl methyl sites for hydroxylation is 1. The summed E-state index contributed by atoms with van der Waals surface area (Å²) in [6.45, 7) is 7.30. The van der Waals surface area contributed by atoms with Crippen LogP contribution in [0, 0.1) is 5.92 Å². The number of carbonyl (C=O) groups excluding carboxylic acids is 1. The highest BCUT2D eigenvalue weighted by Gasteiger charge is 2.31. The van der Waals surface area contributed by atoms with E-state index >= 15 is 0 Å². The molecule has 1 aliphatic heterocycles. The highest BCUT2D eigenvalue weighted by Crippen LogP contribution is 2.27. The Hall–Kier alpha value is -1.36. The molecule has 1 fully saturated rings. The maximum absolute atomic E-state index is 12.1. The van der Waals surface area contributed by atoms with Gasteiger partial charge >= 0.3 is 5.97 Å². The SMILES string of the molecule is Cn1cc(C2CNCC(C(=O)OC(C)(C)C)C2)cn1. The van der Waals surface area contributed by atoms with Gasteiger partial charge in [0.15, 0.2) is 0 Å². The number of piperidine rings is 1. The number of aromatic nitrogens is 2. The molecule has 1 aromatic heterocycles. The molecule has 0 aliphatic carbocycles. The van der Waals surface area contributed by atoms with Gasteiger partial charge in [0, 0.05) is 32.3 Å². The first-order chi connectivity index (χ1) is 8.85. The van der Waals surface area contributed by atoms with Crippen molar-refractivity contribution in [2.45, 2.75) is 38.7 Å². The Balaban J connectivity index is 1.99. The molecule has 0 saturated carbocycles. The maximum Gasteiger partial charge on any atom is 0.310 e. The number of carbonyl (C=O) groups is 1. The Morgan fingerprint density at radius 3 is 2.79 bits per heavy atom. The van der Waals surface area contributed by atoms with Crippen LogP contribution in [0.5, 0.6) is 0 Å². The highest BCUT2D eigenvalue weighted by molar-refractivity contribution is 5.73. The number of esters is 1. The zero-order valence-electron chi connectivity index (χ0n) is 12.1. The molecule has 19 heavy (non-hydrogen) atoms. The monoisotopic (exact) mass is 265 g/mol. The first kappa shape index (κ1) is 14.1. The number of nitrogens with one attached hydrogen (secondary N) is 1.